The van der Waals surface area contributed by atoms with Crippen LogP contribution in [0.25, 0.3) is 0 Å². The number of Topliss-reactive ketones (excluding diaryl/α,β-unsaturated/α-hetero) is 1. The second-order valence-corrected chi connectivity index (χ2v) is 11.3. The maximum absolute atomic E-state index is 13.2. The lowest BCUT2D eigenvalue weighted by Crippen LogP contribution is -2.49. The minimum Gasteiger partial charge on any atom is -0.454 e. The van der Waals surface area contributed by atoms with Gasteiger partial charge in [-0.05, 0) is 59.1 Å². The summed E-state index contributed by atoms with van der Waals surface area (Å²) in [6, 6.07) is 4.47. The number of carbonyl (C=O) groups excluding carboxylic acids is 4. The van der Waals surface area contributed by atoms with Crippen molar-refractivity contribution in [2.75, 3.05) is 26.7 Å². The van der Waals surface area contributed by atoms with Crippen molar-refractivity contribution < 1.29 is 32.3 Å². The molecule has 1 aliphatic rings. The molecule has 0 aliphatic carbocycles. The molecule has 1 aromatic carbocycles. The highest BCUT2D eigenvalue weighted by molar-refractivity contribution is 7.89. The lowest BCUT2D eigenvalue weighted by atomic mass is 10.1. The summed E-state index contributed by atoms with van der Waals surface area (Å²) in [5.41, 5.74) is -0.0668. The highest BCUT2D eigenvalue weighted by Gasteiger charge is 2.39. The van der Waals surface area contributed by atoms with Gasteiger partial charge in [-0.2, -0.15) is 4.31 Å². The van der Waals surface area contributed by atoms with Crippen molar-refractivity contribution >= 4 is 33.6 Å². The van der Waals surface area contributed by atoms with Crippen LogP contribution >= 0.6 is 0 Å². The monoisotopic (exact) mass is 495 g/mol. The first-order valence-electron chi connectivity index (χ1n) is 11.1. The van der Waals surface area contributed by atoms with E-state index in [2.05, 4.69) is 5.32 Å². The van der Waals surface area contributed by atoms with Crippen molar-refractivity contribution in [1.29, 1.82) is 0 Å². The molecule has 1 N–H and O–H groups in total. The van der Waals surface area contributed by atoms with Crippen LogP contribution in [0.15, 0.2) is 29.2 Å². The van der Waals surface area contributed by atoms with Crippen LogP contribution < -0.4 is 5.32 Å². The summed E-state index contributed by atoms with van der Waals surface area (Å²) >= 11 is 0. The predicted molar refractivity (Wildman–Crippen MR) is 124 cm³/mol. The van der Waals surface area contributed by atoms with Gasteiger partial charge in [0, 0.05) is 24.7 Å². The van der Waals surface area contributed by atoms with Crippen LogP contribution in [-0.4, -0.2) is 79.5 Å². The van der Waals surface area contributed by atoms with Gasteiger partial charge in [0.25, 0.3) is 5.91 Å². The minimum atomic E-state index is -4.01. The lowest BCUT2D eigenvalue weighted by Gasteiger charge is -2.33. The molecule has 1 fully saturated rings. The SMILES string of the molecule is CC(=O)c1ccc(S(=O)(=O)N2CCCCC2C(=O)OCC(=O)N(C)CC(=O)NC(C)(C)C)cc1. The third-order valence-corrected chi connectivity index (χ3v) is 7.17. The van der Waals surface area contributed by atoms with Gasteiger partial charge < -0.3 is 15.0 Å². The number of nitrogens with one attached hydrogen (secondary N) is 1. The van der Waals surface area contributed by atoms with E-state index in [-0.39, 0.29) is 36.1 Å². The van der Waals surface area contributed by atoms with E-state index in [1.165, 1.54) is 38.2 Å². The number of hydrogen-bond donors (Lipinski definition) is 1. The molecule has 2 rings (SSSR count). The summed E-state index contributed by atoms with van der Waals surface area (Å²) in [6.07, 6.45) is 1.48. The first kappa shape index (κ1) is 27.5. The van der Waals surface area contributed by atoms with Gasteiger partial charge >= 0.3 is 5.97 Å². The summed E-state index contributed by atoms with van der Waals surface area (Å²) in [6.45, 7) is 6.17. The molecule has 0 saturated carbocycles. The average molecular weight is 496 g/mol. The van der Waals surface area contributed by atoms with Gasteiger partial charge in [0.2, 0.25) is 15.9 Å². The maximum atomic E-state index is 13.2. The zero-order valence-corrected chi connectivity index (χ0v) is 21.1. The van der Waals surface area contributed by atoms with E-state index in [0.717, 1.165) is 9.21 Å². The Labute approximate surface area is 200 Å². The van der Waals surface area contributed by atoms with Gasteiger partial charge in [-0.25, -0.2) is 8.42 Å². The number of benzene rings is 1. The molecule has 0 radical (unpaired) electrons. The van der Waals surface area contributed by atoms with E-state index in [1.807, 2.05) is 20.8 Å². The molecule has 1 aliphatic heterocycles. The van der Waals surface area contributed by atoms with Gasteiger partial charge in [-0.3, -0.25) is 19.2 Å². The molecule has 1 aromatic rings. The van der Waals surface area contributed by atoms with Gasteiger partial charge in [0.05, 0.1) is 11.4 Å². The number of likely N-dealkylation sites (N-methyl/N-ethyl adjacent to an activating group) is 1. The summed E-state index contributed by atoms with van der Waals surface area (Å²) in [5, 5.41) is 2.74. The van der Waals surface area contributed by atoms with Gasteiger partial charge in [-0.15, -0.1) is 0 Å². The molecule has 0 spiro atoms. The fraction of sp³-hybridized carbons (Fsp3) is 0.565. The van der Waals surface area contributed by atoms with E-state index in [0.29, 0.717) is 18.4 Å². The Morgan fingerprint density at radius 1 is 1.12 bits per heavy atom. The molecule has 1 unspecified atom stereocenters. The normalized spacial score (nSPS) is 17.0. The summed E-state index contributed by atoms with van der Waals surface area (Å²) in [5.74, 6) is -1.93. The Morgan fingerprint density at radius 2 is 1.74 bits per heavy atom. The molecule has 1 heterocycles. The van der Waals surface area contributed by atoms with Crippen LogP contribution in [0.3, 0.4) is 0 Å². The number of nitrogens with zero attached hydrogens (tertiary/aromatic N) is 2. The number of ketones is 1. The molecule has 34 heavy (non-hydrogen) atoms. The molecule has 2 amide bonds. The highest BCUT2D eigenvalue weighted by atomic mass is 32.2. The molecule has 1 atom stereocenters. The number of hydrogen-bond acceptors (Lipinski definition) is 7. The standard InChI is InChI=1S/C23H33N3O7S/c1-16(27)17-9-11-18(12-10-17)34(31,32)26-13-7-6-8-19(26)22(30)33-15-21(29)25(5)14-20(28)24-23(2,3)4/h9-12,19H,6-8,13-15H2,1-5H3,(H,24,28). The van der Waals surface area contributed by atoms with Crippen LogP contribution in [0.4, 0.5) is 0 Å². The average Bonchev–Trinajstić information content (AvgIpc) is 2.75. The minimum absolute atomic E-state index is 0.0297. The number of piperidine rings is 1. The smallest absolute Gasteiger partial charge is 0.324 e. The van der Waals surface area contributed by atoms with E-state index >= 15 is 0 Å². The van der Waals surface area contributed by atoms with E-state index < -0.39 is 40.1 Å². The Bertz CT molecular complexity index is 1030. The summed E-state index contributed by atoms with van der Waals surface area (Å²) in [4.78, 5) is 49.7. The zero-order valence-electron chi connectivity index (χ0n) is 20.3. The fourth-order valence-corrected chi connectivity index (χ4v) is 5.17. The van der Waals surface area contributed by atoms with E-state index in [4.69, 9.17) is 4.74 Å². The molecule has 188 valence electrons. The quantitative estimate of drug-likeness (QED) is 0.425. The number of esters is 1. The third-order valence-electron chi connectivity index (χ3n) is 5.25. The van der Waals surface area contributed by atoms with Gasteiger partial charge in [0.1, 0.15) is 6.04 Å². The summed E-state index contributed by atoms with van der Waals surface area (Å²) in [7, 11) is -2.60. The van der Waals surface area contributed by atoms with Crippen LogP contribution in [0, 0.1) is 0 Å². The van der Waals surface area contributed by atoms with E-state index in [9.17, 15) is 27.6 Å². The van der Waals surface area contributed by atoms with Crippen molar-refractivity contribution in [2.45, 2.75) is 63.4 Å². The number of ether oxygens (including phenoxy) is 1. The Morgan fingerprint density at radius 3 is 2.29 bits per heavy atom. The van der Waals surface area contributed by atoms with Crippen molar-refractivity contribution in [3.63, 3.8) is 0 Å². The van der Waals surface area contributed by atoms with Gasteiger partial charge in [-0.1, -0.05) is 12.1 Å². The van der Waals surface area contributed by atoms with Crippen LogP contribution in [-0.2, 0) is 29.1 Å². The largest absolute Gasteiger partial charge is 0.454 e. The fourth-order valence-electron chi connectivity index (χ4n) is 3.53. The molecule has 0 bridgehead atoms. The van der Waals surface area contributed by atoms with Crippen molar-refractivity contribution in [1.82, 2.24) is 14.5 Å². The predicted octanol–water partition coefficient (Wildman–Crippen LogP) is 1.35. The van der Waals surface area contributed by atoms with Crippen molar-refractivity contribution in [3.8, 4) is 0 Å². The Hall–Kier alpha value is -2.79. The van der Waals surface area contributed by atoms with Crippen LogP contribution in [0.1, 0.15) is 57.3 Å². The molecule has 0 aromatic heterocycles. The number of rotatable bonds is 8. The Balaban J connectivity index is 2.04. The molecular formula is C23H33N3O7S. The van der Waals surface area contributed by atoms with Crippen LogP contribution in [0.5, 0.6) is 0 Å². The number of carbonyl (C=O) groups is 4. The molecule has 1 saturated heterocycles. The van der Waals surface area contributed by atoms with E-state index in [1.54, 1.807) is 0 Å². The van der Waals surface area contributed by atoms with Crippen molar-refractivity contribution in [3.05, 3.63) is 29.8 Å². The lowest BCUT2D eigenvalue weighted by molar-refractivity contribution is -0.155. The third kappa shape index (κ3) is 7.36. The van der Waals surface area contributed by atoms with Crippen molar-refractivity contribution in [2.24, 2.45) is 0 Å². The number of amides is 2. The number of sulfonamides is 1. The Kier molecular flexibility index (Phi) is 8.96. The summed E-state index contributed by atoms with van der Waals surface area (Å²) < 4.78 is 32.6. The van der Waals surface area contributed by atoms with Crippen LogP contribution in [0.2, 0.25) is 0 Å². The highest BCUT2D eigenvalue weighted by Crippen LogP contribution is 2.26. The second-order valence-electron chi connectivity index (χ2n) is 9.36. The maximum Gasteiger partial charge on any atom is 0.324 e. The topological polar surface area (TPSA) is 130 Å². The van der Waals surface area contributed by atoms with Gasteiger partial charge in [0.15, 0.2) is 12.4 Å². The molecular weight excluding hydrogens is 462 g/mol. The first-order chi connectivity index (χ1) is 15.7. The molecule has 10 nitrogen and oxygen atoms in total. The second kappa shape index (κ2) is 11.1. The zero-order chi connectivity index (χ0) is 25.7. The first-order valence-corrected chi connectivity index (χ1v) is 12.5. The molecule has 11 heteroatoms.